The van der Waals surface area contributed by atoms with Gasteiger partial charge in [0.2, 0.25) is 0 Å². The van der Waals surface area contributed by atoms with Gasteiger partial charge < -0.3 is 10.4 Å². The van der Waals surface area contributed by atoms with Crippen molar-refractivity contribution in [1.82, 2.24) is 5.32 Å². The first-order valence-corrected chi connectivity index (χ1v) is 6.06. The number of rotatable bonds is 5. The van der Waals surface area contributed by atoms with Crippen molar-refractivity contribution in [3.05, 3.63) is 0 Å². The molecule has 3 atom stereocenters. The molecule has 1 saturated carbocycles. The van der Waals surface area contributed by atoms with Gasteiger partial charge in [-0.25, -0.2) is 0 Å². The lowest BCUT2D eigenvalue weighted by Crippen LogP contribution is -2.33. The van der Waals surface area contributed by atoms with E-state index in [0.717, 1.165) is 24.8 Å². The van der Waals surface area contributed by atoms with E-state index in [4.69, 9.17) is 5.11 Å². The molecule has 1 fully saturated rings. The Labute approximate surface area is 88.1 Å². The van der Waals surface area contributed by atoms with Crippen LogP contribution in [-0.4, -0.2) is 24.3 Å². The van der Waals surface area contributed by atoms with E-state index < -0.39 is 0 Å². The van der Waals surface area contributed by atoms with Gasteiger partial charge in [0.05, 0.1) is 0 Å². The Kier molecular flexibility index (Phi) is 5.49. The largest absolute Gasteiger partial charge is 0.396 e. The fourth-order valence-corrected chi connectivity index (χ4v) is 2.41. The summed E-state index contributed by atoms with van der Waals surface area (Å²) in [7, 11) is 0. The fourth-order valence-electron chi connectivity index (χ4n) is 2.41. The van der Waals surface area contributed by atoms with Crippen LogP contribution in [0.3, 0.4) is 0 Å². The molecule has 2 heteroatoms. The van der Waals surface area contributed by atoms with Crippen LogP contribution in [0.1, 0.15) is 46.0 Å². The molecule has 14 heavy (non-hydrogen) atoms. The van der Waals surface area contributed by atoms with Crippen molar-refractivity contribution in [2.45, 2.75) is 52.0 Å². The smallest absolute Gasteiger partial charge is 0.0445 e. The quantitative estimate of drug-likeness (QED) is 0.711. The number of aliphatic hydroxyl groups is 1. The molecule has 0 bridgehead atoms. The van der Waals surface area contributed by atoms with Gasteiger partial charge in [-0.3, -0.25) is 0 Å². The molecule has 1 aliphatic carbocycles. The van der Waals surface area contributed by atoms with Gasteiger partial charge in [0, 0.05) is 12.6 Å². The van der Waals surface area contributed by atoms with Crippen LogP contribution in [0.2, 0.25) is 0 Å². The van der Waals surface area contributed by atoms with Crippen molar-refractivity contribution >= 4 is 0 Å². The summed E-state index contributed by atoms with van der Waals surface area (Å²) in [6.07, 6.45) is 6.48. The maximum Gasteiger partial charge on any atom is 0.0445 e. The molecule has 0 aromatic carbocycles. The van der Waals surface area contributed by atoms with Gasteiger partial charge >= 0.3 is 0 Å². The molecule has 0 amide bonds. The van der Waals surface area contributed by atoms with Gasteiger partial charge in [-0.05, 0) is 44.6 Å². The zero-order chi connectivity index (χ0) is 10.4. The second-order valence-corrected chi connectivity index (χ2v) is 4.96. The van der Waals surface area contributed by atoms with Crippen molar-refractivity contribution < 1.29 is 5.11 Å². The van der Waals surface area contributed by atoms with Crippen LogP contribution >= 0.6 is 0 Å². The fraction of sp³-hybridized carbons (Fsp3) is 1.00. The highest BCUT2D eigenvalue weighted by molar-refractivity contribution is 4.73. The molecule has 0 spiro atoms. The summed E-state index contributed by atoms with van der Waals surface area (Å²) in [4.78, 5) is 0. The van der Waals surface area contributed by atoms with E-state index in [9.17, 15) is 0 Å². The molecule has 0 aromatic heterocycles. The maximum absolute atomic E-state index is 8.78. The van der Waals surface area contributed by atoms with E-state index in [1.807, 2.05) is 0 Å². The maximum atomic E-state index is 8.78. The first kappa shape index (κ1) is 12.0. The SMILES string of the molecule is CC1CCCC(CN[C@H](C)CCO)C1. The molecular weight excluding hydrogens is 174 g/mol. The molecule has 84 valence electrons. The van der Waals surface area contributed by atoms with E-state index >= 15 is 0 Å². The molecule has 2 nitrogen and oxygen atoms in total. The Morgan fingerprint density at radius 1 is 1.43 bits per heavy atom. The van der Waals surface area contributed by atoms with Gasteiger partial charge in [0.15, 0.2) is 0 Å². The number of aliphatic hydroxyl groups excluding tert-OH is 1. The predicted molar refractivity (Wildman–Crippen MR) is 60.3 cm³/mol. The molecular formula is C12H25NO. The van der Waals surface area contributed by atoms with Crippen molar-refractivity contribution in [1.29, 1.82) is 0 Å². The Bertz CT molecular complexity index is 149. The van der Waals surface area contributed by atoms with Crippen LogP contribution in [0.25, 0.3) is 0 Å². The monoisotopic (exact) mass is 199 g/mol. The van der Waals surface area contributed by atoms with Crippen LogP contribution in [0.15, 0.2) is 0 Å². The second-order valence-electron chi connectivity index (χ2n) is 4.96. The zero-order valence-corrected chi connectivity index (χ0v) is 9.63. The van der Waals surface area contributed by atoms with Crippen LogP contribution in [0, 0.1) is 11.8 Å². The highest BCUT2D eigenvalue weighted by Crippen LogP contribution is 2.27. The Morgan fingerprint density at radius 2 is 2.21 bits per heavy atom. The molecule has 2 N–H and O–H groups in total. The van der Waals surface area contributed by atoms with Crippen molar-refractivity contribution in [3.63, 3.8) is 0 Å². The van der Waals surface area contributed by atoms with Crippen LogP contribution < -0.4 is 5.32 Å². The summed E-state index contributed by atoms with van der Waals surface area (Å²) in [5.41, 5.74) is 0. The molecule has 0 aromatic rings. The Balaban J connectivity index is 2.10. The lowest BCUT2D eigenvalue weighted by Gasteiger charge is -2.28. The summed E-state index contributed by atoms with van der Waals surface area (Å²) in [5, 5.41) is 12.3. The van der Waals surface area contributed by atoms with E-state index in [1.54, 1.807) is 0 Å². The molecule has 1 aliphatic rings. The van der Waals surface area contributed by atoms with Crippen molar-refractivity contribution in [2.24, 2.45) is 11.8 Å². The van der Waals surface area contributed by atoms with Crippen molar-refractivity contribution in [2.75, 3.05) is 13.2 Å². The lowest BCUT2D eigenvalue weighted by molar-refractivity contribution is 0.245. The van der Waals surface area contributed by atoms with Gasteiger partial charge in [-0.15, -0.1) is 0 Å². The minimum Gasteiger partial charge on any atom is -0.396 e. The topological polar surface area (TPSA) is 32.3 Å². The minimum atomic E-state index is 0.301. The Morgan fingerprint density at radius 3 is 2.86 bits per heavy atom. The molecule has 2 unspecified atom stereocenters. The lowest BCUT2D eigenvalue weighted by atomic mass is 9.82. The summed E-state index contributed by atoms with van der Waals surface area (Å²) in [5.74, 6) is 1.79. The normalized spacial score (nSPS) is 30.2. The summed E-state index contributed by atoms with van der Waals surface area (Å²) in [6, 6.07) is 0.470. The van der Waals surface area contributed by atoms with Crippen LogP contribution in [-0.2, 0) is 0 Å². The van der Waals surface area contributed by atoms with E-state index in [2.05, 4.69) is 19.2 Å². The minimum absolute atomic E-state index is 0.301. The first-order chi connectivity index (χ1) is 6.72. The molecule has 0 heterocycles. The predicted octanol–water partition coefficient (Wildman–Crippen LogP) is 2.17. The average molecular weight is 199 g/mol. The number of hydrogen-bond donors (Lipinski definition) is 2. The summed E-state index contributed by atoms with van der Waals surface area (Å²) < 4.78 is 0. The standard InChI is InChI=1S/C12H25NO/c1-10-4-3-5-12(8-10)9-13-11(2)6-7-14/h10-14H,3-9H2,1-2H3/t10?,11-,12?/m1/s1. The molecule has 0 aliphatic heterocycles. The third-order valence-electron chi connectivity index (χ3n) is 3.36. The summed E-state index contributed by atoms with van der Waals surface area (Å²) >= 11 is 0. The first-order valence-electron chi connectivity index (χ1n) is 6.06. The third-order valence-corrected chi connectivity index (χ3v) is 3.36. The third kappa shape index (κ3) is 4.43. The van der Waals surface area contributed by atoms with Crippen molar-refractivity contribution in [3.8, 4) is 0 Å². The van der Waals surface area contributed by atoms with Gasteiger partial charge in [0.25, 0.3) is 0 Å². The van der Waals surface area contributed by atoms with Crippen LogP contribution in [0.4, 0.5) is 0 Å². The Hall–Kier alpha value is -0.0800. The average Bonchev–Trinajstić information content (AvgIpc) is 2.15. The number of nitrogens with one attached hydrogen (secondary N) is 1. The highest BCUT2D eigenvalue weighted by Gasteiger charge is 2.18. The van der Waals surface area contributed by atoms with E-state index in [0.29, 0.717) is 12.6 Å². The number of hydrogen-bond acceptors (Lipinski definition) is 2. The second kappa shape index (κ2) is 6.41. The van der Waals surface area contributed by atoms with Crippen LogP contribution in [0.5, 0.6) is 0 Å². The molecule has 0 saturated heterocycles. The highest BCUT2D eigenvalue weighted by atomic mass is 16.3. The summed E-state index contributed by atoms with van der Waals surface area (Å²) in [6.45, 7) is 5.96. The van der Waals surface area contributed by atoms with Gasteiger partial charge in [-0.2, -0.15) is 0 Å². The van der Waals surface area contributed by atoms with E-state index in [1.165, 1.54) is 25.7 Å². The molecule has 1 rings (SSSR count). The van der Waals surface area contributed by atoms with Gasteiger partial charge in [-0.1, -0.05) is 19.8 Å². The van der Waals surface area contributed by atoms with E-state index in [-0.39, 0.29) is 0 Å². The zero-order valence-electron chi connectivity index (χ0n) is 9.63. The molecule has 0 radical (unpaired) electrons. The van der Waals surface area contributed by atoms with Gasteiger partial charge in [0.1, 0.15) is 0 Å².